The summed E-state index contributed by atoms with van der Waals surface area (Å²) < 4.78 is 5.84. The van der Waals surface area contributed by atoms with Gasteiger partial charge in [-0.1, -0.05) is 35.3 Å². The van der Waals surface area contributed by atoms with Gasteiger partial charge in [0, 0.05) is 24.0 Å². The zero-order valence-electron chi connectivity index (χ0n) is 14.3. The molecule has 142 valence electrons. The van der Waals surface area contributed by atoms with Gasteiger partial charge in [0.15, 0.2) is 5.75 Å². The van der Waals surface area contributed by atoms with Gasteiger partial charge in [-0.3, -0.25) is 4.79 Å². The number of anilines is 1. The molecular weight excluding hydrogens is 391 g/mol. The minimum atomic E-state index is -0.951. The quantitative estimate of drug-likeness (QED) is 0.735. The molecular formula is C19H18Cl2N2O4. The maximum atomic E-state index is 12.6. The van der Waals surface area contributed by atoms with E-state index in [1.807, 2.05) is 0 Å². The van der Waals surface area contributed by atoms with Crippen LogP contribution in [0.2, 0.25) is 10.0 Å². The number of rotatable bonds is 4. The molecule has 0 atom stereocenters. The second-order valence-corrected chi connectivity index (χ2v) is 7.05. The van der Waals surface area contributed by atoms with Crippen LogP contribution >= 0.6 is 23.2 Å². The minimum Gasteiger partial charge on any atom is -0.465 e. The maximum Gasteiger partial charge on any atom is 0.407 e. The zero-order chi connectivity index (χ0) is 19.4. The number of nitrogens with zero attached hydrogens (tertiary/aromatic N) is 1. The number of carboxylic acid groups (broad SMARTS) is 1. The summed E-state index contributed by atoms with van der Waals surface area (Å²) in [5, 5.41) is 12.7. The molecule has 1 saturated heterocycles. The molecule has 1 aliphatic rings. The fourth-order valence-electron chi connectivity index (χ4n) is 2.90. The van der Waals surface area contributed by atoms with Gasteiger partial charge < -0.3 is 20.1 Å². The van der Waals surface area contributed by atoms with E-state index in [0.29, 0.717) is 53.2 Å². The lowest BCUT2D eigenvalue weighted by atomic mass is 9.96. The highest BCUT2D eigenvalue weighted by Gasteiger charge is 2.27. The van der Waals surface area contributed by atoms with Gasteiger partial charge in [0.2, 0.25) is 5.91 Å². The molecule has 0 saturated carbocycles. The smallest absolute Gasteiger partial charge is 0.407 e. The summed E-state index contributed by atoms with van der Waals surface area (Å²) in [7, 11) is 0. The van der Waals surface area contributed by atoms with E-state index in [1.165, 1.54) is 4.90 Å². The van der Waals surface area contributed by atoms with Crippen LogP contribution in [-0.4, -0.2) is 35.1 Å². The van der Waals surface area contributed by atoms with Crippen LogP contribution in [0.1, 0.15) is 12.8 Å². The first kappa shape index (κ1) is 19.3. The van der Waals surface area contributed by atoms with Crippen molar-refractivity contribution in [2.45, 2.75) is 12.8 Å². The Balaban J connectivity index is 1.69. The molecule has 1 heterocycles. The van der Waals surface area contributed by atoms with E-state index < -0.39 is 6.09 Å². The first-order valence-electron chi connectivity index (χ1n) is 8.44. The molecule has 6 nitrogen and oxygen atoms in total. The number of nitrogens with one attached hydrogen (secondary N) is 1. The monoisotopic (exact) mass is 408 g/mol. The number of halogens is 2. The Bertz CT molecular complexity index is 851. The number of likely N-dealkylation sites (tertiary alicyclic amines) is 1. The zero-order valence-corrected chi connectivity index (χ0v) is 15.8. The summed E-state index contributed by atoms with van der Waals surface area (Å²) in [6.07, 6.45) is 0.0291. The van der Waals surface area contributed by atoms with E-state index in [-0.39, 0.29) is 11.8 Å². The third-order valence-corrected chi connectivity index (χ3v) is 4.93. The summed E-state index contributed by atoms with van der Waals surface area (Å²) in [4.78, 5) is 24.9. The van der Waals surface area contributed by atoms with E-state index in [9.17, 15) is 9.59 Å². The SMILES string of the molecule is O=C(Nc1ccccc1Oc1ccc(Cl)cc1Cl)C1CCN(C(=O)O)CC1. The summed E-state index contributed by atoms with van der Waals surface area (Å²) in [5.41, 5.74) is 0.522. The molecule has 3 rings (SSSR count). The lowest BCUT2D eigenvalue weighted by Gasteiger charge is -2.29. The van der Waals surface area contributed by atoms with Crippen molar-refractivity contribution in [1.82, 2.24) is 4.90 Å². The van der Waals surface area contributed by atoms with E-state index in [4.69, 9.17) is 33.0 Å². The third-order valence-electron chi connectivity index (χ3n) is 4.40. The van der Waals surface area contributed by atoms with Gasteiger partial charge in [-0.25, -0.2) is 4.79 Å². The van der Waals surface area contributed by atoms with Crippen molar-refractivity contribution in [1.29, 1.82) is 0 Å². The Kier molecular flexibility index (Phi) is 6.08. The molecule has 0 unspecified atom stereocenters. The third kappa shape index (κ3) is 4.84. The molecule has 2 aromatic carbocycles. The highest BCUT2D eigenvalue weighted by Crippen LogP contribution is 2.35. The molecule has 2 N–H and O–H groups in total. The van der Waals surface area contributed by atoms with Crippen LogP contribution in [0.5, 0.6) is 11.5 Å². The summed E-state index contributed by atoms with van der Waals surface area (Å²) in [6.45, 7) is 0.706. The first-order valence-corrected chi connectivity index (χ1v) is 9.20. The average Bonchev–Trinajstić information content (AvgIpc) is 2.65. The van der Waals surface area contributed by atoms with E-state index >= 15 is 0 Å². The van der Waals surface area contributed by atoms with Gasteiger partial charge in [-0.15, -0.1) is 0 Å². The van der Waals surface area contributed by atoms with Crippen molar-refractivity contribution >= 4 is 40.9 Å². The lowest BCUT2D eigenvalue weighted by molar-refractivity contribution is -0.121. The van der Waals surface area contributed by atoms with Crippen LogP contribution in [0.3, 0.4) is 0 Å². The van der Waals surface area contributed by atoms with Crippen LogP contribution in [0.15, 0.2) is 42.5 Å². The number of amides is 2. The minimum absolute atomic E-state index is 0.154. The van der Waals surface area contributed by atoms with E-state index in [1.54, 1.807) is 42.5 Å². The number of para-hydroxylation sites is 2. The number of carbonyl (C=O) groups excluding carboxylic acids is 1. The van der Waals surface area contributed by atoms with Gasteiger partial charge in [-0.05, 0) is 43.2 Å². The molecule has 2 amide bonds. The Morgan fingerprint density at radius 1 is 1.07 bits per heavy atom. The molecule has 0 aromatic heterocycles. The fraction of sp³-hybridized carbons (Fsp3) is 0.263. The van der Waals surface area contributed by atoms with Crippen LogP contribution in [-0.2, 0) is 4.79 Å². The molecule has 0 aliphatic carbocycles. The van der Waals surface area contributed by atoms with Crippen LogP contribution in [0, 0.1) is 5.92 Å². The first-order chi connectivity index (χ1) is 12.9. The van der Waals surface area contributed by atoms with Crippen LogP contribution < -0.4 is 10.1 Å². The average molecular weight is 409 g/mol. The van der Waals surface area contributed by atoms with Crippen molar-refractivity contribution in [3.63, 3.8) is 0 Å². The van der Waals surface area contributed by atoms with Gasteiger partial charge in [0.05, 0.1) is 10.7 Å². The Hall–Kier alpha value is -2.44. The van der Waals surface area contributed by atoms with Crippen LogP contribution in [0.25, 0.3) is 0 Å². The summed E-state index contributed by atoms with van der Waals surface area (Å²) >= 11 is 12.0. The summed E-state index contributed by atoms with van der Waals surface area (Å²) in [5.74, 6) is 0.488. The Morgan fingerprint density at radius 2 is 1.78 bits per heavy atom. The van der Waals surface area contributed by atoms with Crippen molar-refractivity contribution in [2.24, 2.45) is 5.92 Å². The molecule has 2 aromatic rings. The highest BCUT2D eigenvalue weighted by atomic mass is 35.5. The Labute approximate surface area is 166 Å². The second kappa shape index (κ2) is 8.50. The van der Waals surface area contributed by atoms with Crippen molar-refractivity contribution in [2.75, 3.05) is 18.4 Å². The number of piperidine rings is 1. The van der Waals surface area contributed by atoms with Crippen molar-refractivity contribution in [3.05, 3.63) is 52.5 Å². The number of ether oxygens (including phenoxy) is 1. The fourth-order valence-corrected chi connectivity index (χ4v) is 3.35. The molecule has 27 heavy (non-hydrogen) atoms. The number of hydrogen-bond donors (Lipinski definition) is 2. The molecule has 1 fully saturated rings. The molecule has 8 heteroatoms. The Morgan fingerprint density at radius 3 is 2.44 bits per heavy atom. The van der Waals surface area contributed by atoms with Gasteiger partial charge in [0.25, 0.3) is 0 Å². The van der Waals surface area contributed by atoms with Crippen molar-refractivity contribution < 1.29 is 19.4 Å². The largest absolute Gasteiger partial charge is 0.465 e. The van der Waals surface area contributed by atoms with Gasteiger partial charge in [0.1, 0.15) is 5.75 Å². The van der Waals surface area contributed by atoms with Crippen LogP contribution in [0.4, 0.5) is 10.5 Å². The molecule has 0 spiro atoms. The summed E-state index contributed by atoms with van der Waals surface area (Å²) in [6, 6.07) is 12.0. The van der Waals surface area contributed by atoms with E-state index in [2.05, 4.69) is 5.32 Å². The van der Waals surface area contributed by atoms with E-state index in [0.717, 1.165) is 0 Å². The predicted molar refractivity (Wildman–Crippen MR) is 104 cm³/mol. The molecule has 0 radical (unpaired) electrons. The second-order valence-electron chi connectivity index (χ2n) is 6.21. The molecule has 0 bridgehead atoms. The topological polar surface area (TPSA) is 78.9 Å². The standard InChI is InChI=1S/C19H18Cl2N2O4/c20-13-5-6-16(14(21)11-13)27-17-4-2-1-3-15(17)22-18(24)12-7-9-23(10-8-12)19(25)26/h1-6,11-12H,7-10H2,(H,22,24)(H,25,26). The lowest BCUT2D eigenvalue weighted by Crippen LogP contribution is -2.40. The number of hydrogen-bond acceptors (Lipinski definition) is 3. The van der Waals surface area contributed by atoms with Crippen molar-refractivity contribution in [3.8, 4) is 11.5 Å². The number of benzene rings is 2. The highest BCUT2D eigenvalue weighted by molar-refractivity contribution is 6.35. The number of carbonyl (C=O) groups is 2. The predicted octanol–water partition coefficient (Wildman–Crippen LogP) is 5.11. The molecule has 1 aliphatic heterocycles. The maximum absolute atomic E-state index is 12.6. The van der Waals surface area contributed by atoms with Gasteiger partial charge >= 0.3 is 6.09 Å². The normalized spacial score (nSPS) is 14.7. The van der Waals surface area contributed by atoms with Gasteiger partial charge in [-0.2, -0.15) is 0 Å².